The number of aromatic nitrogens is 2. The molecule has 1 aromatic rings. The first kappa shape index (κ1) is 15.9. The number of rotatable bonds is 5. The average Bonchev–Trinajstić information content (AvgIpc) is 3.06. The summed E-state index contributed by atoms with van der Waals surface area (Å²) >= 11 is 1.76. The molecule has 0 amide bonds. The van der Waals surface area contributed by atoms with Gasteiger partial charge in [0.15, 0.2) is 5.03 Å². The van der Waals surface area contributed by atoms with Gasteiger partial charge in [-0.15, -0.1) is 0 Å². The van der Waals surface area contributed by atoms with E-state index in [1.54, 1.807) is 18.8 Å². The van der Waals surface area contributed by atoms with Crippen molar-refractivity contribution in [3.8, 4) is 0 Å². The average molecular weight is 317 g/mol. The highest BCUT2D eigenvalue weighted by molar-refractivity contribution is 7.99. The zero-order valence-corrected chi connectivity index (χ0v) is 14.1. The van der Waals surface area contributed by atoms with Crippen LogP contribution in [0.5, 0.6) is 0 Å². The van der Waals surface area contributed by atoms with Gasteiger partial charge in [-0.1, -0.05) is 20.3 Å². The molecule has 2 rings (SSSR count). The Labute approximate surface area is 125 Å². The predicted molar refractivity (Wildman–Crippen MR) is 82.6 cm³/mol. The second kappa shape index (κ2) is 6.07. The van der Waals surface area contributed by atoms with Crippen LogP contribution in [0.2, 0.25) is 0 Å². The van der Waals surface area contributed by atoms with Gasteiger partial charge in [0.1, 0.15) is 5.82 Å². The molecular weight excluding hydrogens is 294 g/mol. The van der Waals surface area contributed by atoms with E-state index in [2.05, 4.69) is 16.2 Å². The summed E-state index contributed by atoms with van der Waals surface area (Å²) in [7, 11) is -1.79. The Kier molecular flexibility index (Phi) is 4.81. The van der Waals surface area contributed by atoms with Crippen molar-refractivity contribution in [2.45, 2.75) is 55.3 Å². The highest BCUT2D eigenvalue weighted by Gasteiger charge is 2.37. The van der Waals surface area contributed by atoms with Crippen LogP contribution < -0.4 is 0 Å². The fourth-order valence-corrected chi connectivity index (χ4v) is 5.12. The quantitative estimate of drug-likeness (QED) is 0.906. The lowest BCUT2D eigenvalue weighted by Crippen LogP contribution is -2.40. The van der Waals surface area contributed by atoms with Crippen LogP contribution in [0.3, 0.4) is 0 Å². The van der Waals surface area contributed by atoms with Crippen molar-refractivity contribution in [1.29, 1.82) is 0 Å². The molecule has 0 bridgehead atoms. The molecule has 0 saturated heterocycles. The Bertz CT molecular complexity index is 554. The first-order chi connectivity index (χ1) is 9.37. The van der Waals surface area contributed by atoms with Gasteiger partial charge < -0.3 is 4.98 Å². The molecule has 1 aliphatic carbocycles. The van der Waals surface area contributed by atoms with E-state index >= 15 is 0 Å². The van der Waals surface area contributed by atoms with Gasteiger partial charge in [0.25, 0.3) is 10.0 Å². The van der Waals surface area contributed by atoms with Crippen LogP contribution in [-0.4, -0.2) is 47.3 Å². The van der Waals surface area contributed by atoms with Gasteiger partial charge >= 0.3 is 0 Å². The van der Waals surface area contributed by atoms with Crippen LogP contribution >= 0.6 is 11.8 Å². The second-order valence-corrected chi connectivity index (χ2v) is 8.62. The smallest absolute Gasteiger partial charge is 0.260 e. The molecule has 0 radical (unpaired) electrons. The van der Waals surface area contributed by atoms with Crippen molar-refractivity contribution in [3.63, 3.8) is 0 Å². The fourth-order valence-electron chi connectivity index (χ4n) is 2.67. The normalized spacial score (nSPS) is 23.9. The lowest BCUT2D eigenvalue weighted by atomic mass is 10.2. The maximum Gasteiger partial charge on any atom is 0.260 e. The molecule has 1 fully saturated rings. The van der Waals surface area contributed by atoms with Gasteiger partial charge in [0.05, 0.1) is 6.20 Å². The standard InChI is InChI=1S/C13H23N3O2S2/c1-9(2)13-14-8-12(15-13)20(17,18)16(3)10-6-5-7-11(10)19-4/h8-11H,5-7H2,1-4H3,(H,14,15)/t10-,11+/m1/s1. The number of hydrogen-bond acceptors (Lipinski definition) is 4. The van der Waals surface area contributed by atoms with E-state index < -0.39 is 10.0 Å². The number of imidazole rings is 1. The molecular formula is C13H23N3O2S2. The Morgan fingerprint density at radius 1 is 1.45 bits per heavy atom. The summed E-state index contributed by atoms with van der Waals surface area (Å²) in [6.45, 7) is 3.97. The molecule has 2 atom stereocenters. The van der Waals surface area contributed by atoms with Crippen LogP contribution in [-0.2, 0) is 10.0 Å². The zero-order chi connectivity index (χ0) is 14.9. The minimum absolute atomic E-state index is 0.0841. The minimum atomic E-state index is -3.48. The number of nitrogens with zero attached hydrogens (tertiary/aromatic N) is 2. The van der Waals surface area contributed by atoms with Gasteiger partial charge in [0, 0.05) is 24.3 Å². The third-order valence-corrected chi connectivity index (χ3v) is 6.91. The van der Waals surface area contributed by atoms with E-state index in [0.717, 1.165) is 19.3 Å². The molecule has 0 spiro atoms. The first-order valence-electron chi connectivity index (χ1n) is 6.93. The molecule has 20 heavy (non-hydrogen) atoms. The topological polar surface area (TPSA) is 66.1 Å². The van der Waals surface area contributed by atoms with Gasteiger partial charge in [0.2, 0.25) is 0 Å². The van der Waals surface area contributed by atoms with E-state index in [1.165, 1.54) is 10.5 Å². The number of nitrogens with one attached hydrogen (secondary N) is 1. The highest BCUT2D eigenvalue weighted by atomic mass is 32.2. The lowest BCUT2D eigenvalue weighted by Gasteiger charge is -2.27. The number of H-pyrrole nitrogens is 1. The minimum Gasteiger partial charge on any atom is -0.332 e. The first-order valence-corrected chi connectivity index (χ1v) is 9.66. The predicted octanol–water partition coefficient (Wildman–Crippen LogP) is 2.44. The van der Waals surface area contributed by atoms with Crippen molar-refractivity contribution in [3.05, 3.63) is 12.0 Å². The monoisotopic (exact) mass is 317 g/mol. The molecule has 0 aromatic carbocycles. The summed E-state index contributed by atoms with van der Waals surface area (Å²) in [6, 6.07) is 0.0841. The molecule has 1 N–H and O–H groups in total. The van der Waals surface area contributed by atoms with E-state index in [0.29, 0.717) is 11.1 Å². The van der Waals surface area contributed by atoms with Gasteiger partial charge in [-0.2, -0.15) is 16.1 Å². The molecule has 5 nitrogen and oxygen atoms in total. The van der Waals surface area contributed by atoms with Crippen molar-refractivity contribution in [2.75, 3.05) is 13.3 Å². The Morgan fingerprint density at radius 2 is 2.15 bits per heavy atom. The van der Waals surface area contributed by atoms with E-state index in [9.17, 15) is 8.42 Å². The summed E-state index contributed by atoms with van der Waals surface area (Å²) in [5, 5.41) is 0.595. The number of sulfonamides is 1. The van der Waals surface area contributed by atoms with Crippen molar-refractivity contribution in [2.24, 2.45) is 0 Å². The number of thioether (sulfide) groups is 1. The second-order valence-electron chi connectivity index (χ2n) is 5.58. The summed E-state index contributed by atoms with van der Waals surface area (Å²) in [6.07, 6.45) is 6.61. The van der Waals surface area contributed by atoms with Gasteiger partial charge in [-0.05, 0) is 19.1 Å². The fraction of sp³-hybridized carbons (Fsp3) is 0.769. The molecule has 1 aromatic heterocycles. The van der Waals surface area contributed by atoms with Crippen molar-refractivity contribution < 1.29 is 8.42 Å². The largest absolute Gasteiger partial charge is 0.332 e. The van der Waals surface area contributed by atoms with E-state index in [-0.39, 0.29) is 17.0 Å². The third kappa shape index (κ3) is 2.89. The van der Waals surface area contributed by atoms with Gasteiger partial charge in [-0.3, -0.25) is 0 Å². The SMILES string of the molecule is CS[C@H]1CCC[C@H]1N(C)S(=O)(=O)c1cnc(C(C)C)[nH]1. The molecule has 1 heterocycles. The molecule has 1 saturated carbocycles. The maximum absolute atomic E-state index is 12.7. The van der Waals surface area contributed by atoms with E-state index in [4.69, 9.17) is 0 Å². The van der Waals surface area contributed by atoms with Crippen LogP contribution in [0, 0.1) is 0 Å². The lowest BCUT2D eigenvalue weighted by molar-refractivity contribution is 0.377. The summed E-state index contributed by atoms with van der Waals surface area (Å²) in [5.41, 5.74) is 0. The Balaban J connectivity index is 2.24. The third-order valence-electron chi connectivity index (χ3n) is 3.96. The molecule has 0 aliphatic heterocycles. The summed E-state index contributed by atoms with van der Waals surface area (Å²) < 4.78 is 26.9. The maximum atomic E-state index is 12.7. The number of aromatic amines is 1. The Hall–Kier alpha value is -0.530. The highest BCUT2D eigenvalue weighted by Crippen LogP contribution is 2.33. The molecule has 7 heteroatoms. The summed E-state index contributed by atoms with van der Waals surface area (Å²) in [4.78, 5) is 7.11. The van der Waals surface area contributed by atoms with Crippen molar-refractivity contribution in [1.82, 2.24) is 14.3 Å². The number of hydrogen-bond donors (Lipinski definition) is 1. The Morgan fingerprint density at radius 3 is 2.70 bits per heavy atom. The zero-order valence-electron chi connectivity index (χ0n) is 12.5. The van der Waals surface area contributed by atoms with Crippen molar-refractivity contribution >= 4 is 21.8 Å². The molecule has 1 aliphatic rings. The van der Waals surface area contributed by atoms with Crippen LogP contribution in [0.1, 0.15) is 44.9 Å². The molecule has 114 valence electrons. The van der Waals surface area contributed by atoms with E-state index in [1.807, 2.05) is 13.8 Å². The van der Waals surface area contributed by atoms with Crippen LogP contribution in [0.15, 0.2) is 11.2 Å². The van der Waals surface area contributed by atoms with Gasteiger partial charge in [-0.25, -0.2) is 13.4 Å². The van der Waals surface area contributed by atoms with Crippen LogP contribution in [0.4, 0.5) is 0 Å². The summed E-state index contributed by atoms with van der Waals surface area (Å²) in [5.74, 6) is 0.902. The van der Waals surface area contributed by atoms with Crippen LogP contribution in [0.25, 0.3) is 0 Å². The molecule has 0 unspecified atom stereocenters.